The number of benzene rings is 2. The van der Waals surface area contributed by atoms with Crippen LogP contribution in [-0.4, -0.2) is 5.91 Å². The summed E-state index contributed by atoms with van der Waals surface area (Å²) in [6.45, 7) is 0. The van der Waals surface area contributed by atoms with Gasteiger partial charge in [-0.25, -0.2) is 8.78 Å². The van der Waals surface area contributed by atoms with Crippen LogP contribution in [0.5, 0.6) is 0 Å². The van der Waals surface area contributed by atoms with Gasteiger partial charge in [-0.05, 0) is 30.3 Å². The molecular weight excluding hydrogens is 264 g/mol. The predicted octanol–water partition coefficient (Wildman–Crippen LogP) is 2.67. The molecule has 20 heavy (non-hydrogen) atoms. The Morgan fingerprint density at radius 2 is 1.95 bits per heavy atom. The maximum Gasteiger partial charge on any atom is 0.258 e. The molecule has 0 aliphatic carbocycles. The Morgan fingerprint density at radius 3 is 2.55 bits per heavy atom. The van der Waals surface area contributed by atoms with Gasteiger partial charge in [-0.2, -0.15) is 5.26 Å². The molecule has 2 rings (SSSR count). The molecule has 6 heteroatoms. The van der Waals surface area contributed by atoms with Crippen molar-refractivity contribution < 1.29 is 13.6 Å². The van der Waals surface area contributed by atoms with E-state index in [1.807, 2.05) is 6.07 Å². The van der Waals surface area contributed by atoms with Crippen LogP contribution in [0.15, 0.2) is 36.4 Å². The third-order valence-corrected chi connectivity index (χ3v) is 2.60. The molecule has 2 aromatic carbocycles. The average Bonchev–Trinajstić information content (AvgIpc) is 2.40. The molecule has 3 N–H and O–H groups in total. The van der Waals surface area contributed by atoms with Crippen molar-refractivity contribution in [3.8, 4) is 6.07 Å². The molecule has 0 aromatic heterocycles. The van der Waals surface area contributed by atoms with Crippen molar-refractivity contribution >= 4 is 17.3 Å². The van der Waals surface area contributed by atoms with E-state index in [4.69, 9.17) is 11.0 Å². The number of nitrogens with one attached hydrogen (secondary N) is 1. The van der Waals surface area contributed by atoms with E-state index in [2.05, 4.69) is 5.32 Å². The lowest BCUT2D eigenvalue weighted by molar-refractivity contribution is 0.102. The largest absolute Gasteiger partial charge is 0.397 e. The van der Waals surface area contributed by atoms with E-state index in [9.17, 15) is 13.6 Å². The summed E-state index contributed by atoms with van der Waals surface area (Å²) >= 11 is 0. The first-order valence-electron chi connectivity index (χ1n) is 5.57. The summed E-state index contributed by atoms with van der Waals surface area (Å²) < 4.78 is 26.2. The molecule has 0 radical (unpaired) electrons. The number of amides is 1. The quantitative estimate of drug-likeness (QED) is 0.825. The van der Waals surface area contributed by atoms with E-state index in [0.717, 1.165) is 12.1 Å². The number of hydrogen-bond acceptors (Lipinski definition) is 3. The van der Waals surface area contributed by atoms with Gasteiger partial charge in [-0.1, -0.05) is 0 Å². The fourth-order valence-corrected chi connectivity index (χ4v) is 1.61. The summed E-state index contributed by atoms with van der Waals surface area (Å²) in [5.41, 5.74) is 6.14. The van der Waals surface area contributed by atoms with Crippen molar-refractivity contribution in [1.82, 2.24) is 0 Å². The highest BCUT2D eigenvalue weighted by molar-refractivity contribution is 6.05. The number of anilines is 2. The summed E-state index contributed by atoms with van der Waals surface area (Å²) in [6, 6.07) is 8.84. The molecule has 0 fully saturated rings. The normalized spacial score (nSPS) is 9.85. The lowest BCUT2D eigenvalue weighted by Gasteiger charge is -2.09. The van der Waals surface area contributed by atoms with Gasteiger partial charge in [-0.3, -0.25) is 4.79 Å². The van der Waals surface area contributed by atoms with Crippen LogP contribution in [0, 0.1) is 23.0 Å². The number of hydrogen-bond donors (Lipinski definition) is 2. The fraction of sp³-hybridized carbons (Fsp3) is 0. The second kappa shape index (κ2) is 5.36. The summed E-state index contributed by atoms with van der Waals surface area (Å²) in [7, 11) is 0. The van der Waals surface area contributed by atoms with Crippen LogP contribution in [0.3, 0.4) is 0 Å². The summed E-state index contributed by atoms with van der Waals surface area (Å²) in [5, 5.41) is 11.1. The molecule has 0 aliphatic heterocycles. The van der Waals surface area contributed by atoms with E-state index >= 15 is 0 Å². The average molecular weight is 273 g/mol. The molecule has 1 amide bonds. The molecule has 0 heterocycles. The molecule has 0 aliphatic rings. The van der Waals surface area contributed by atoms with Gasteiger partial charge in [0.05, 0.1) is 28.6 Å². The van der Waals surface area contributed by atoms with Crippen LogP contribution in [0.1, 0.15) is 15.9 Å². The first-order chi connectivity index (χ1) is 9.51. The third-order valence-electron chi connectivity index (χ3n) is 2.60. The first kappa shape index (κ1) is 13.5. The van der Waals surface area contributed by atoms with E-state index in [0.29, 0.717) is 11.6 Å². The summed E-state index contributed by atoms with van der Waals surface area (Å²) in [5.74, 6) is -2.48. The molecular formula is C14H9F2N3O. The van der Waals surface area contributed by atoms with Gasteiger partial charge in [0.2, 0.25) is 0 Å². The molecule has 0 atom stereocenters. The second-order valence-electron chi connectivity index (χ2n) is 3.99. The number of carbonyl (C=O) groups is 1. The highest BCUT2D eigenvalue weighted by Gasteiger charge is 2.13. The predicted molar refractivity (Wildman–Crippen MR) is 69.9 cm³/mol. The van der Waals surface area contributed by atoms with Crippen LogP contribution in [0.25, 0.3) is 0 Å². The van der Waals surface area contributed by atoms with Crippen molar-refractivity contribution in [3.05, 3.63) is 59.2 Å². The van der Waals surface area contributed by atoms with Gasteiger partial charge in [0.1, 0.15) is 11.6 Å². The van der Waals surface area contributed by atoms with Gasteiger partial charge >= 0.3 is 0 Å². The zero-order valence-electron chi connectivity index (χ0n) is 10.2. The molecule has 2 aromatic rings. The number of carbonyl (C=O) groups excluding carboxylic acids is 1. The number of nitrogen functional groups attached to an aromatic ring is 1. The zero-order chi connectivity index (χ0) is 14.7. The van der Waals surface area contributed by atoms with Crippen LogP contribution >= 0.6 is 0 Å². The molecule has 0 saturated heterocycles. The highest BCUT2D eigenvalue weighted by Crippen LogP contribution is 2.21. The summed E-state index contributed by atoms with van der Waals surface area (Å²) in [6.07, 6.45) is 0. The SMILES string of the molecule is N#Cc1ccc(NC(=O)c2ccc(F)cc2F)c(N)c1. The number of nitriles is 1. The number of rotatable bonds is 2. The second-order valence-corrected chi connectivity index (χ2v) is 3.99. The zero-order valence-corrected chi connectivity index (χ0v) is 10.2. The van der Waals surface area contributed by atoms with Gasteiger partial charge in [-0.15, -0.1) is 0 Å². The van der Waals surface area contributed by atoms with Gasteiger partial charge in [0.25, 0.3) is 5.91 Å². The van der Waals surface area contributed by atoms with Gasteiger partial charge < -0.3 is 11.1 Å². The lowest BCUT2D eigenvalue weighted by atomic mass is 10.1. The summed E-state index contributed by atoms with van der Waals surface area (Å²) in [4.78, 5) is 11.9. The third kappa shape index (κ3) is 2.72. The highest BCUT2D eigenvalue weighted by atomic mass is 19.1. The minimum absolute atomic E-state index is 0.180. The minimum atomic E-state index is -0.963. The van der Waals surface area contributed by atoms with Crippen molar-refractivity contribution in [2.45, 2.75) is 0 Å². The van der Waals surface area contributed by atoms with Crippen LogP contribution < -0.4 is 11.1 Å². The standard InChI is InChI=1S/C14H9F2N3O/c15-9-2-3-10(11(16)6-9)14(20)19-13-4-1-8(7-17)5-12(13)18/h1-6H,18H2,(H,19,20). The molecule has 0 unspecified atom stereocenters. The maximum atomic E-state index is 13.4. The van der Waals surface area contributed by atoms with Crippen molar-refractivity contribution in [1.29, 1.82) is 5.26 Å². The Morgan fingerprint density at radius 1 is 1.20 bits per heavy atom. The maximum absolute atomic E-state index is 13.4. The monoisotopic (exact) mass is 273 g/mol. The fourth-order valence-electron chi connectivity index (χ4n) is 1.61. The molecule has 100 valence electrons. The topological polar surface area (TPSA) is 78.9 Å². The van der Waals surface area contributed by atoms with Gasteiger partial charge in [0, 0.05) is 6.07 Å². The van der Waals surface area contributed by atoms with Crippen molar-refractivity contribution in [2.24, 2.45) is 0 Å². The molecule has 0 bridgehead atoms. The van der Waals surface area contributed by atoms with Crippen molar-refractivity contribution in [3.63, 3.8) is 0 Å². The van der Waals surface area contributed by atoms with E-state index < -0.39 is 17.5 Å². The smallest absolute Gasteiger partial charge is 0.258 e. The first-order valence-corrected chi connectivity index (χ1v) is 5.57. The van der Waals surface area contributed by atoms with Crippen LogP contribution in [0.4, 0.5) is 20.2 Å². The van der Waals surface area contributed by atoms with Crippen LogP contribution in [0.2, 0.25) is 0 Å². The number of nitrogens with two attached hydrogens (primary N) is 1. The molecule has 4 nitrogen and oxygen atoms in total. The Bertz CT molecular complexity index is 723. The Kier molecular flexibility index (Phi) is 3.62. The van der Waals surface area contributed by atoms with E-state index in [1.165, 1.54) is 18.2 Å². The Balaban J connectivity index is 2.26. The van der Waals surface area contributed by atoms with Crippen LogP contribution in [-0.2, 0) is 0 Å². The van der Waals surface area contributed by atoms with Crippen molar-refractivity contribution in [2.75, 3.05) is 11.1 Å². The lowest BCUT2D eigenvalue weighted by Crippen LogP contribution is -2.15. The minimum Gasteiger partial charge on any atom is -0.397 e. The molecule has 0 saturated carbocycles. The Hall–Kier alpha value is -2.94. The number of halogens is 2. The van der Waals surface area contributed by atoms with Gasteiger partial charge in [0.15, 0.2) is 0 Å². The van der Waals surface area contributed by atoms with E-state index in [-0.39, 0.29) is 16.9 Å². The molecule has 0 spiro atoms. The van der Waals surface area contributed by atoms with E-state index in [1.54, 1.807) is 0 Å². The number of nitrogens with zero attached hydrogens (tertiary/aromatic N) is 1. The Labute approximate surface area is 113 Å².